The Morgan fingerprint density at radius 1 is 1.00 bits per heavy atom. The van der Waals surface area contributed by atoms with Crippen LogP contribution in [-0.2, 0) is 0 Å². The summed E-state index contributed by atoms with van der Waals surface area (Å²) in [5.41, 5.74) is 6.02. The predicted molar refractivity (Wildman–Crippen MR) is 90.9 cm³/mol. The molecule has 0 saturated heterocycles. The van der Waals surface area contributed by atoms with E-state index in [-0.39, 0.29) is 18.1 Å². The number of hydrogen-bond acceptors (Lipinski definition) is 3. The van der Waals surface area contributed by atoms with Crippen molar-refractivity contribution in [3.05, 3.63) is 65.7 Å². The van der Waals surface area contributed by atoms with Gasteiger partial charge >= 0.3 is 0 Å². The normalized spacial score (nSPS) is 19.7. The SMILES string of the molecule is NC(=O)c1cccc(C(=O)N[C@@H]2CCC[C@H]2Oc2ccccc2)c1. The maximum absolute atomic E-state index is 12.5. The Bertz CT molecular complexity index is 730. The fraction of sp³-hybridized carbons (Fsp3) is 0.263. The molecule has 2 atom stereocenters. The smallest absolute Gasteiger partial charge is 0.251 e. The summed E-state index contributed by atoms with van der Waals surface area (Å²) in [5.74, 6) is 0.0434. The van der Waals surface area contributed by atoms with Crippen molar-refractivity contribution in [2.75, 3.05) is 0 Å². The van der Waals surface area contributed by atoms with E-state index < -0.39 is 5.91 Å². The van der Waals surface area contributed by atoms with Crippen LogP contribution in [0.4, 0.5) is 0 Å². The van der Waals surface area contributed by atoms with Crippen molar-refractivity contribution < 1.29 is 14.3 Å². The van der Waals surface area contributed by atoms with E-state index >= 15 is 0 Å². The molecule has 3 rings (SSSR count). The van der Waals surface area contributed by atoms with Gasteiger partial charge in [-0.05, 0) is 49.6 Å². The average Bonchev–Trinajstić information content (AvgIpc) is 3.02. The van der Waals surface area contributed by atoms with Gasteiger partial charge in [0.1, 0.15) is 11.9 Å². The summed E-state index contributed by atoms with van der Waals surface area (Å²) in [6, 6.07) is 16.0. The second-order valence-corrected chi connectivity index (χ2v) is 5.93. The van der Waals surface area contributed by atoms with Crippen LogP contribution in [0.25, 0.3) is 0 Å². The summed E-state index contributed by atoms with van der Waals surface area (Å²) >= 11 is 0. The molecule has 3 N–H and O–H groups in total. The quantitative estimate of drug-likeness (QED) is 0.886. The number of nitrogens with two attached hydrogens (primary N) is 1. The summed E-state index contributed by atoms with van der Waals surface area (Å²) in [7, 11) is 0. The molecule has 24 heavy (non-hydrogen) atoms. The minimum Gasteiger partial charge on any atom is -0.488 e. The molecule has 0 radical (unpaired) electrons. The first-order valence-electron chi connectivity index (χ1n) is 8.06. The largest absolute Gasteiger partial charge is 0.488 e. The standard InChI is InChI=1S/C19H20N2O3/c20-18(22)13-6-4-7-14(12-13)19(23)21-16-10-5-11-17(16)24-15-8-2-1-3-9-15/h1-4,6-9,12,16-17H,5,10-11H2,(H2,20,22)(H,21,23)/t16-,17-/m1/s1. The maximum atomic E-state index is 12.5. The molecule has 0 bridgehead atoms. The third-order valence-corrected chi connectivity index (χ3v) is 4.21. The number of primary amides is 1. The molecule has 124 valence electrons. The van der Waals surface area contributed by atoms with E-state index in [9.17, 15) is 9.59 Å². The lowest BCUT2D eigenvalue weighted by molar-refractivity contribution is 0.0894. The highest BCUT2D eigenvalue weighted by molar-refractivity contribution is 5.99. The number of amides is 2. The number of para-hydroxylation sites is 1. The first kappa shape index (κ1) is 16.1. The van der Waals surface area contributed by atoms with E-state index in [2.05, 4.69) is 5.32 Å². The van der Waals surface area contributed by atoms with E-state index in [4.69, 9.17) is 10.5 Å². The van der Waals surface area contributed by atoms with Crippen molar-refractivity contribution in [1.29, 1.82) is 0 Å². The van der Waals surface area contributed by atoms with Crippen LogP contribution in [-0.4, -0.2) is 24.0 Å². The van der Waals surface area contributed by atoms with Crippen molar-refractivity contribution in [2.45, 2.75) is 31.4 Å². The summed E-state index contributed by atoms with van der Waals surface area (Å²) in [6.07, 6.45) is 2.74. The zero-order valence-corrected chi connectivity index (χ0v) is 13.3. The lowest BCUT2D eigenvalue weighted by atomic mass is 10.1. The van der Waals surface area contributed by atoms with Gasteiger partial charge in [0.15, 0.2) is 0 Å². The van der Waals surface area contributed by atoms with Gasteiger partial charge < -0.3 is 15.8 Å². The molecule has 0 unspecified atom stereocenters. The average molecular weight is 324 g/mol. The van der Waals surface area contributed by atoms with Gasteiger partial charge in [0, 0.05) is 11.1 Å². The van der Waals surface area contributed by atoms with E-state index in [0.29, 0.717) is 11.1 Å². The lowest BCUT2D eigenvalue weighted by Gasteiger charge is -2.22. The molecule has 2 aromatic carbocycles. The fourth-order valence-corrected chi connectivity index (χ4v) is 2.97. The van der Waals surface area contributed by atoms with Crippen LogP contribution in [0.1, 0.15) is 40.0 Å². The first-order valence-corrected chi connectivity index (χ1v) is 8.06. The molecule has 0 aliphatic heterocycles. The highest BCUT2D eigenvalue weighted by Gasteiger charge is 2.30. The van der Waals surface area contributed by atoms with Crippen LogP contribution >= 0.6 is 0 Å². The molecular weight excluding hydrogens is 304 g/mol. The number of ether oxygens (including phenoxy) is 1. The Hall–Kier alpha value is -2.82. The van der Waals surface area contributed by atoms with Crippen LogP contribution < -0.4 is 15.8 Å². The predicted octanol–water partition coefficient (Wildman–Crippen LogP) is 2.52. The van der Waals surface area contributed by atoms with E-state index in [1.54, 1.807) is 18.2 Å². The topological polar surface area (TPSA) is 81.4 Å². The molecule has 1 aliphatic carbocycles. The molecular formula is C19H20N2O3. The van der Waals surface area contributed by atoms with Gasteiger partial charge in [-0.1, -0.05) is 24.3 Å². The third-order valence-electron chi connectivity index (χ3n) is 4.21. The molecule has 0 aromatic heterocycles. The summed E-state index contributed by atoms with van der Waals surface area (Å²) in [6.45, 7) is 0. The molecule has 0 heterocycles. The van der Waals surface area contributed by atoms with Gasteiger partial charge in [0.05, 0.1) is 6.04 Å². The Morgan fingerprint density at radius 2 is 1.75 bits per heavy atom. The molecule has 5 heteroatoms. The van der Waals surface area contributed by atoms with Gasteiger partial charge in [-0.3, -0.25) is 9.59 Å². The van der Waals surface area contributed by atoms with Crippen molar-refractivity contribution in [3.8, 4) is 5.75 Å². The number of carbonyl (C=O) groups excluding carboxylic acids is 2. The maximum Gasteiger partial charge on any atom is 0.251 e. The van der Waals surface area contributed by atoms with Crippen molar-refractivity contribution in [2.24, 2.45) is 5.73 Å². The molecule has 1 aliphatic rings. The Labute approximate surface area is 140 Å². The number of nitrogens with one attached hydrogen (secondary N) is 1. The van der Waals surface area contributed by atoms with Crippen molar-refractivity contribution in [1.82, 2.24) is 5.32 Å². The Kier molecular flexibility index (Phi) is 4.79. The van der Waals surface area contributed by atoms with Crippen molar-refractivity contribution >= 4 is 11.8 Å². The zero-order chi connectivity index (χ0) is 16.9. The summed E-state index contributed by atoms with van der Waals surface area (Å²) < 4.78 is 6.00. The minimum atomic E-state index is -0.546. The molecule has 5 nitrogen and oxygen atoms in total. The van der Waals surface area contributed by atoms with Gasteiger partial charge in [-0.25, -0.2) is 0 Å². The van der Waals surface area contributed by atoms with E-state index in [1.807, 2.05) is 30.3 Å². The first-order chi connectivity index (χ1) is 11.6. The molecule has 0 spiro atoms. The molecule has 2 amide bonds. The third kappa shape index (κ3) is 3.74. The number of benzene rings is 2. The monoisotopic (exact) mass is 324 g/mol. The highest BCUT2D eigenvalue weighted by Crippen LogP contribution is 2.25. The van der Waals surface area contributed by atoms with Gasteiger partial charge in [-0.15, -0.1) is 0 Å². The second kappa shape index (κ2) is 7.17. The summed E-state index contributed by atoms with van der Waals surface area (Å²) in [4.78, 5) is 23.7. The summed E-state index contributed by atoms with van der Waals surface area (Å²) in [5, 5.41) is 3.02. The van der Waals surface area contributed by atoms with Gasteiger partial charge in [0.25, 0.3) is 5.91 Å². The van der Waals surface area contributed by atoms with Gasteiger partial charge in [0.2, 0.25) is 5.91 Å². The van der Waals surface area contributed by atoms with E-state index in [0.717, 1.165) is 25.0 Å². The molecule has 2 aromatic rings. The number of hydrogen-bond donors (Lipinski definition) is 2. The highest BCUT2D eigenvalue weighted by atomic mass is 16.5. The van der Waals surface area contributed by atoms with Crippen LogP contribution in [0.15, 0.2) is 54.6 Å². The fourth-order valence-electron chi connectivity index (χ4n) is 2.97. The lowest BCUT2D eigenvalue weighted by Crippen LogP contribution is -2.42. The molecule has 1 fully saturated rings. The second-order valence-electron chi connectivity index (χ2n) is 5.93. The number of rotatable bonds is 5. The molecule has 1 saturated carbocycles. The number of carbonyl (C=O) groups is 2. The van der Waals surface area contributed by atoms with Crippen LogP contribution in [0.5, 0.6) is 5.75 Å². The Morgan fingerprint density at radius 3 is 2.50 bits per heavy atom. The van der Waals surface area contributed by atoms with Crippen molar-refractivity contribution in [3.63, 3.8) is 0 Å². The van der Waals surface area contributed by atoms with Gasteiger partial charge in [-0.2, -0.15) is 0 Å². The zero-order valence-electron chi connectivity index (χ0n) is 13.3. The Balaban J connectivity index is 1.67. The van der Waals surface area contributed by atoms with E-state index in [1.165, 1.54) is 6.07 Å². The van der Waals surface area contributed by atoms with Crippen LogP contribution in [0, 0.1) is 0 Å². The minimum absolute atomic E-state index is 0.0457. The van der Waals surface area contributed by atoms with Crippen LogP contribution in [0.2, 0.25) is 0 Å². The van der Waals surface area contributed by atoms with Crippen LogP contribution in [0.3, 0.4) is 0 Å².